The maximum Gasteiger partial charge on any atom is 0.190 e. The largest absolute Gasteiger partial charge is 0.497 e. The van der Waals surface area contributed by atoms with Crippen molar-refractivity contribution in [2.24, 2.45) is 4.99 Å². The van der Waals surface area contributed by atoms with Crippen LogP contribution in [-0.4, -0.2) is 18.8 Å². The van der Waals surface area contributed by atoms with Gasteiger partial charge < -0.3 is 18.5 Å². The molecule has 0 aliphatic heterocycles. The third kappa shape index (κ3) is 4.59. The SMILES string of the molecule is COc1ccc(-c2csc(=Nc3ccc(C(C)C)cc3)n2Cc2ccco2)c(OC)c1. The molecule has 0 saturated heterocycles. The lowest BCUT2D eigenvalue weighted by Gasteiger charge is -2.13. The Morgan fingerprint density at radius 2 is 1.84 bits per heavy atom. The molecule has 0 fully saturated rings. The van der Waals surface area contributed by atoms with Gasteiger partial charge in [-0.05, 0) is 47.9 Å². The average Bonchev–Trinajstić information content (AvgIpc) is 3.44. The molecule has 0 radical (unpaired) electrons. The van der Waals surface area contributed by atoms with Crippen LogP contribution in [0.25, 0.3) is 11.3 Å². The molecule has 2 heterocycles. The second kappa shape index (κ2) is 9.27. The van der Waals surface area contributed by atoms with E-state index in [0.717, 1.165) is 39.0 Å². The van der Waals surface area contributed by atoms with E-state index in [-0.39, 0.29) is 0 Å². The number of aromatic nitrogens is 1. The highest BCUT2D eigenvalue weighted by Gasteiger charge is 2.15. The van der Waals surface area contributed by atoms with Gasteiger partial charge in [0.2, 0.25) is 0 Å². The van der Waals surface area contributed by atoms with Crippen molar-refractivity contribution in [2.45, 2.75) is 26.3 Å². The third-order valence-electron chi connectivity index (χ3n) is 5.16. The van der Waals surface area contributed by atoms with Crippen molar-refractivity contribution in [1.29, 1.82) is 0 Å². The Morgan fingerprint density at radius 3 is 2.48 bits per heavy atom. The highest BCUT2D eigenvalue weighted by molar-refractivity contribution is 7.07. The molecule has 4 rings (SSSR count). The van der Waals surface area contributed by atoms with Crippen LogP contribution in [0.1, 0.15) is 31.1 Å². The van der Waals surface area contributed by atoms with E-state index >= 15 is 0 Å². The monoisotopic (exact) mass is 434 g/mol. The van der Waals surface area contributed by atoms with Crippen LogP contribution in [0, 0.1) is 0 Å². The van der Waals surface area contributed by atoms with Gasteiger partial charge in [-0.25, -0.2) is 4.99 Å². The van der Waals surface area contributed by atoms with Crippen LogP contribution >= 0.6 is 11.3 Å². The number of methoxy groups -OCH3 is 2. The Kier molecular flexibility index (Phi) is 6.28. The van der Waals surface area contributed by atoms with Gasteiger partial charge in [0.25, 0.3) is 0 Å². The van der Waals surface area contributed by atoms with Gasteiger partial charge in [-0.2, -0.15) is 0 Å². The minimum Gasteiger partial charge on any atom is -0.497 e. The molecule has 2 aromatic heterocycles. The van der Waals surface area contributed by atoms with E-state index < -0.39 is 0 Å². The van der Waals surface area contributed by atoms with Gasteiger partial charge in [0.1, 0.15) is 17.3 Å². The van der Waals surface area contributed by atoms with Gasteiger partial charge in [0.15, 0.2) is 4.80 Å². The molecule has 0 spiro atoms. The fourth-order valence-corrected chi connectivity index (χ4v) is 4.32. The molecule has 5 nitrogen and oxygen atoms in total. The van der Waals surface area contributed by atoms with Crippen molar-refractivity contribution < 1.29 is 13.9 Å². The molecule has 4 aromatic rings. The minimum atomic E-state index is 0.494. The lowest BCUT2D eigenvalue weighted by atomic mass is 10.0. The van der Waals surface area contributed by atoms with Gasteiger partial charge in [0, 0.05) is 17.0 Å². The molecule has 0 amide bonds. The molecule has 0 unspecified atom stereocenters. The van der Waals surface area contributed by atoms with Crippen LogP contribution in [0.5, 0.6) is 11.5 Å². The Morgan fingerprint density at radius 1 is 1.03 bits per heavy atom. The van der Waals surface area contributed by atoms with Crippen molar-refractivity contribution >= 4 is 17.0 Å². The number of furan rings is 1. The molecule has 0 aliphatic carbocycles. The van der Waals surface area contributed by atoms with Gasteiger partial charge in [0.05, 0.1) is 38.4 Å². The summed E-state index contributed by atoms with van der Waals surface area (Å²) >= 11 is 1.60. The van der Waals surface area contributed by atoms with Crippen molar-refractivity contribution in [2.75, 3.05) is 14.2 Å². The Bertz CT molecular complexity index is 1200. The summed E-state index contributed by atoms with van der Waals surface area (Å²) in [5, 5.41) is 2.11. The molecular weight excluding hydrogens is 408 g/mol. The molecule has 0 bridgehead atoms. The van der Waals surface area contributed by atoms with Crippen LogP contribution < -0.4 is 14.3 Å². The predicted molar refractivity (Wildman–Crippen MR) is 124 cm³/mol. The lowest BCUT2D eigenvalue weighted by Crippen LogP contribution is -2.16. The summed E-state index contributed by atoms with van der Waals surface area (Å²) in [6, 6.07) is 18.1. The number of benzene rings is 2. The van der Waals surface area contributed by atoms with Gasteiger partial charge in [-0.3, -0.25) is 0 Å². The maximum atomic E-state index is 5.65. The Labute approximate surface area is 186 Å². The Balaban J connectivity index is 1.83. The molecule has 160 valence electrons. The van der Waals surface area contributed by atoms with Crippen molar-refractivity contribution in [3.8, 4) is 22.8 Å². The van der Waals surface area contributed by atoms with E-state index in [1.54, 1.807) is 31.8 Å². The van der Waals surface area contributed by atoms with Gasteiger partial charge in [-0.1, -0.05) is 26.0 Å². The number of thiazole rings is 1. The second-order valence-corrected chi connectivity index (χ2v) is 8.33. The standard InChI is InChI=1S/C25H26N2O3S/c1-17(2)18-7-9-19(10-8-18)26-25-27(15-21-6-5-13-30-21)23(16-31-25)22-12-11-20(28-3)14-24(22)29-4/h5-14,16-17H,15H2,1-4H3. The predicted octanol–water partition coefficient (Wildman–Crippen LogP) is 6.23. The summed E-state index contributed by atoms with van der Waals surface area (Å²) in [5.41, 5.74) is 4.21. The van der Waals surface area contributed by atoms with Gasteiger partial charge in [-0.15, -0.1) is 11.3 Å². The molecular formula is C25H26N2O3S. The van der Waals surface area contributed by atoms with E-state index in [4.69, 9.17) is 18.9 Å². The average molecular weight is 435 g/mol. The van der Waals surface area contributed by atoms with Crippen LogP contribution in [-0.2, 0) is 6.54 Å². The first kappa shape index (κ1) is 21.0. The van der Waals surface area contributed by atoms with E-state index in [0.29, 0.717) is 12.5 Å². The van der Waals surface area contributed by atoms with Crippen LogP contribution in [0.4, 0.5) is 5.69 Å². The van der Waals surface area contributed by atoms with Crippen LogP contribution in [0.3, 0.4) is 0 Å². The first-order valence-electron chi connectivity index (χ1n) is 10.2. The number of hydrogen-bond donors (Lipinski definition) is 0. The van der Waals surface area contributed by atoms with Crippen LogP contribution in [0.15, 0.2) is 75.7 Å². The molecule has 0 N–H and O–H groups in total. The van der Waals surface area contributed by atoms with E-state index in [1.807, 2.05) is 30.3 Å². The first-order valence-corrected chi connectivity index (χ1v) is 11.0. The molecule has 0 saturated carbocycles. The highest BCUT2D eigenvalue weighted by atomic mass is 32.1. The highest BCUT2D eigenvalue weighted by Crippen LogP contribution is 2.34. The number of ether oxygens (including phenoxy) is 2. The first-order chi connectivity index (χ1) is 15.1. The zero-order valence-electron chi connectivity index (χ0n) is 18.2. The Hall–Kier alpha value is -3.25. The normalized spacial score (nSPS) is 11.8. The molecule has 2 aromatic carbocycles. The summed E-state index contributed by atoms with van der Waals surface area (Å²) in [5.74, 6) is 2.86. The number of rotatable bonds is 7. The maximum absolute atomic E-state index is 5.65. The smallest absolute Gasteiger partial charge is 0.190 e. The number of hydrogen-bond acceptors (Lipinski definition) is 5. The van der Waals surface area contributed by atoms with E-state index in [2.05, 4.69) is 48.1 Å². The van der Waals surface area contributed by atoms with Gasteiger partial charge >= 0.3 is 0 Å². The minimum absolute atomic E-state index is 0.494. The summed E-state index contributed by atoms with van der Waals surface area (Å²) < 4.78 is 18.8. The molecule has 0 atom stereocenters. The molecule has 0 aliphatic rings. The lowest BCUT2D eigenvalue weighted by molar-refractivity contribution is 0.395. The van der Waals surface area contributed by atoms with Crippen molar-refractivity contribution in [3.05, 3.63) is 82.4 Å². The van der Waals surface area contributed by atoms with E-state index in [1.165, 1.54) is 5.56 Å². The quantitative estimate of drug-likeness (QED) is 0.346. The summed E-state index contributed by atoms with van der Waals surface area (Å²) in [6.45, 7) is 4.96. The fraction of sp³-hybridized carbons (Fsp3) is 0.240. The topological polar surface area (TPSA) is 48.9 Å². The van der Waals surface area contributed by atoms with E-state index in [9.17, 15) is 0 Å². The molecule has 31 heavy (non-hydrogen) atoms. The van der Waals surface area contributed by atoms with Crippen molar-refractivity contribution in [1.82, 2.24) is 4.57 Å². The summed E-state index contributed by atoms with van der Waals surface area (Å²) in [4.78, 5) is 5.82. The van der Waals surface area contributed by atoms with Crippen LogP contribution in [0.2, 0.25) is 0 Å². The zero-order valence-corrected chi connectivity index (χ0v) is 19.0. The zero-order chi connectivity index (χ0) is 21.8. The second-order valence-electron chi connectivity index (χ2n) is 7.49. The fourth-order valence-electron chi connectivity index (χ4n) is 3.40. The summed E-state index contributed by atoms with van der Waals surface area (Å²) in [6.07, 6.45) is 1.69. The summed E-state index contributed by atoms with van der Waals surface area (Å²) in [7, 11) is 3.32. The number of nitrogens with zero attached hydrogens (tertiary/aromatic N) is 2. The third-order valence-corrected chi connectivity index (χ3v) is 6.02. The molecule has 6 heteroatoms. The van der Waals surface area contributed by atoms with Crippen molar-refractivity contribution in [3.63, 3.8) is 0 Å².